The highest BCUT2D eigenvalue weighted by Crippen LogP contribution is 2.41. The van der Waals surface area contributed by atoms with Gasteiger partial charge in [0.05, 0.1) is 24.9 Å². The van der Waals surface area contributed by atoms with Crippen molar-refractivity contribution < 1.29 is 9.53 Å². The van der Waals surface area contributed by atoms with Crippen molar-refractivity contribution in [3.05, 3.63) is 93.4 Å². The van der Waals surface area contributed by atoms with E-state index in [1.54, 1.807) is 6.20 Å². The Bertz CT molecular complexity index is 1140. The fourth-order valence-corrected chi connectivity index (χ4v) is 5.91. The Balaban J connectivity index is 1.41. The largest absolute Gasteiger partial charge is 0.379 e. The Morgan fingerprint density at radius 3 is 2.50 bits per heavy atom. The number of carbonyl (C=O) groups is 1. The summed E-state index contributed by atoms with van der Waals surface area (Å²) in [6.07, 6.45) is 6.02. The van der Waals surface area contributed by atoms with Gasteiger partial charge in [-0.15, -0.1) is 0 Å². The van der Waals surface area contributed by atoms with E-state index >= 15 is 0 Å². The van der Waals surface area contributed by atoms with Crippen molar-refractivity contribution in [1.29, 1.82) is 0 Å². The summed E-state index contributed by atoms with van der Waals surface area (Å²) >= 11 is 9.69. The van der Waals surface area contributed by atoms with Crippen LogP contribution in [0.2, 0.25) is 5.02 Å². The fourth-order valence-electron chi connectivity index (χ4n) is 5.52. The predicted octanol–water partition coefficient (Wildman–Crippen LogP) is 5.38. The Labute approximate surface area is 225 Å². The van der Waals surface area contributed by atoms with Crippen molar-refractivity contribution in [2.45, 2.75) is 37.3 Å². The summed E-state index contributed by atoms with van der Waals surface area (Å²) in [6.45, 7) is 3.48. The molecule has 4 atom stereocenters. The van der Waals surface area contributed by atoms with Crippen LogP contribution in [0.4, 0.5) is 0 Å². The average molecular weight is 570 g/mol. The molecule has 0 bridgehead atoms. The predicted molar refractivity (Wildman–Crippen MR) is 144 cm³/mol. The first kappa shape index (κ1) is 25.3. The summed E-state index contributed by atoms with van der Waals surface area (Å²) in [4.78, 5) is 25.0. The second-order valence-electron chi connectivity index (χ2n) is 9.51. The van der Waals surface area contributed by atoms with Crippen LogP contribution in [0.1, 0.15) is 48.0 Å². The summed E-state index contributed by atoms with van der Waals surface area (Å²) in [5.41, 5.74) is 2.90. The number of rotatable bonds is 6. The Hall–Kier alpha value is -2.32. The molecule has 2 fully saturated rings. The molecule has 8 heteroatoms. The number of hydrogen-bond donors (Lipinski definition) is 1. The molecule has 2 aliphatic rings. The number of nitrogens with one attached hydrogen (secondary N) is 1. The van der Waals surface area contributed by atoms with Gasteiger partial charge >= 0.3 is 0 Å². The quantitative estimate of drug-likeness (QED) is 0.432. The van der Waals surface area contributed by atoms with E-state index in [-0.39, 0.29) is 23.8 Å². The van der Waals surface area contributed by atoms with Crippen molar-refractivity contribution >= 4 is 33.4 Å². The van der Waals surface area contributed by atoms with E-state index in [4.69, 9.17) is 16.3 Å². The Morgan fingerprint density at radius 2 is 1.81 bits per heavy atom. The molecule has 1 aromatic heterocycles. The number of carbonyl (C=O) groups excluding carboxylic acids is 1. The van der Waals surface area contributed by atoms with E-state index in [2.05, 4.69) is 60.4 Å². The molecule has 5 rings (SSSR count). The summed E-state index contributed by atoms with van der Waals surface area (Å²) in [7, 11) is 0. The van der Waals surface area contributed by atoms with Crippen LogP contribution in [0.15, 0.2) is 71.6 Å². The molecule has 188 valence electrons. The smallest absolute Gasteiger partial charge is 0.224 e. The summed E-state index contributed by atoms with van der Waals surface area (Å²) < 4.78 is 6.62. The van der Waals surface area contributed by atoms with Gasteiger partial charge in [0.1, 0.15) is 6.33 Å². The zero-order chi connectivity index (χ0) is 24.9. The van der Waals surface area contributed by atoms with E-state index in [0.717, 1.165) is 61.3 Å². The Kier molecular flexibility index (Phi) is 8.32. The van der Waals surface area contributed by atoms with Gasteiger partial charge in [-0.2, -0.15) is 0 Å². The number of halogens is 2. The van der Waals surface area contributed by atoms with Crippen molar-refractivity contribution in [2.75, 3.05) is 26.3 Å². The third-order valence-corrected chi connectivity index (χ3v) is 8.19. The normalized spacial score (nSPS) is 23.7. The molecule has 1 aliphatic carbocycles. The van der Waals surface area contributed by atoms with Crippen LogP contribution in [-0.2, 0) is 9.53 Å². The van der Waals surface area contributed by atoms with E-state index in [9.17, 15) is 4.79 Å². The molecular formula is C28H30BrClN4O2. The zero-order valence-corrected chi connectivity index (χ0v) is 22.4. The number of amides is 1. The minimum atomic E-state index is -0.375. The van der Waals surface area contributed by atoms with Crippen LogP contribution in [0.25, 0.3) is 0 Å². The van der Waals surface area contributed by atoms with Gasteiger partial charge in [-0.25, -0.2) is 9.97 Å². The third kappa shape index (κ3) is 5.97. The number of aromatic nitrogens is 2. The van der Waals surface area contributed by atoms with Gasteiger partial charge in [-0.05, 0) is 66.6 Å². The first-order valence-corrected chi connectivity index (χ1v) is 13.6. The van der Waals surface area contributed by atoms with E-state index in [0.29, 0.717) is 11.1 Å². The molecule has 36 heavy (non-hydrogen) atoms. The van der Waals surface area contributed by atoms with Gasteiger partial charge in [0, 0.05) is 40.7 Å². The molecule has 3 aromatic rings. The lowest BCUT2D eigenvalue weighted by molar-refractivity contribution is -0.127. The zero-order valence-electron chi connectivity index (χ0n) is 20.0. The summed E-state index contributed by atoms with van der Waals surface area (Å²) in [5.74, 6) is 0.0676. The highest BCUT2D eigenvalue weighted by atomic mass is 79.9. The molecule has 2 aromatic carbocycles. The Morgan fingerprint density at radius 1 is 1.06 bits per heavy atom. The number of morpholine rings is 1. The molecule has 1 N–H and O–H groups in total. The van der Waals surface area contributed by atoms with Crippen molar-refractivity contribution in [1.82, 2.24) is 20.2 Å². The van der Waals surface area contributed by atoms with E-state index in [1.165, 1.54) is 11.9 Å². The molecule has 1 unspecified atom stereocenters. The average Bonchev–Trinajstić information content (AvgIpc) is 2.93. The highest BCUT2D eigenvalue weighted by molar-refractivity contribution is 9.10. The highest BCUT2D eigenvalue weighted by Gasteiger charge is 2.39. The van der Waals surface area contributed by atoms with E-state index in [1.807, 2.05) is 30.3 Å². The first-order valence-electron chi connectivity index (χ1n) is 12.5. The van der Waals surface area contributed by atoms with Gasteiger partial charge in [0.15, 0.2) is 0 Å². The standard InChI is InChI=1S/C28H30BrClN4O2/c29-21-5-1-19(2-6-21)25-17-23(34-13-15-36-16-14-34)9-10-24(25)28(35)33-27(26-11-12-31-18-32-26)20-3-7-22(30)8-4-20/h1-8,11-12,18,23-25,27H,9-10,13-17H2,(H,33,35)/t23-,24-,25+,27?/m1/s1. The molecule has 1 saturated carbocycles. The molecule has 1 saturated heterocycles. The monoisotopic (exact) mass is 568 g/mol. The van der Waals surface area contributed by atoms with Crippen molar-refractivity contribution in [3.8, 4) is 0 Å². The summed E-state index contributed by atoms with van der Waals surface area (Å²) in [5, 5.41) is 3.98. The first-order chi connectivity index (χ1) is 17.6. The minimum absolute atomic E-state index is 0.0573. The number of hydrogen-bond acceptors (Lipinski definition) is 5. The SMILES string of the molecule is O=C(NC(c1ccc(Cl)cc1)c1ccncn1)[C@@H]1CC[C@@H](N2CCOCC2)C[C@H]1c1ccc(Br)cc1. The lowest BCUT2D eigenvalue weighted by Gasteiger charge is -2.42. The van der Waals surface area contributed by atoms with Crippen LogP contribution < -0.4 is 5.32 Å². The van der Waals surface area contributed by atoms with Crippen molar-refractivity contribution in [3.63, 3.8) is 0 Å². The van der Waals surface area contributed by atoms with Gasteiger partial charge in [0.25, 0.3) is 0 Å². The second kappa shape index (κ2) is 11.8. The van der Waals surface area contributed by atoms with Crippen LogP contribution in [0.5, 0.6) is 0 Å². The molecule has 6 nitrogen and oxygen atoms in total. The van der Waals surface area contributed by atoms with Gasteiger partial charge in [-0.1, -0.05) is 51.8 Å². The van der Waals surface area contributed by atoms with Crippen molar-refractivity contribution in [2.24, 2.45) is 5.92 Å². The number of nitrogens with zero attached hydrogens (tertiary/aromatic N) is 3. The molecule has 0 spiro atoms. The lowest BCUT2D eigenvalue weighted by Crippen LogP contribution is -2.48. The topological polar surface area (TPSA) is 67.4 Å². The minimum Gasteiger partial charge on any atom is -0.379 e. The lowest BCUT2D eigenvalue weighted by atomic mass is 9.72. The van der Waals surface area contributed by atoms with E-state index < -0.39 is 0 Å². The molecule has 0 radical (unpaired) electrons. The van der Waals surface area contributed by atoms with Crippen LogP contribution in [-0.4, -0.2) is 53.1 Å². The molecule has 1 amide bonds. The second-order valence-corrected chi connectivity index (χ2v) is 10.9. The summed E-state index contributed by atoms with van der Waals surface area (Å²) in [6, 6.07) is 17.9. The number of ether oxygens (including phenoxy) is 1. The maximum absolute atomic E-state index is 13.9. The molecular weight excluding hydrogens is 540 g/mol. The maximum atomic E-state index is 13.9. The molecule has 2 heterocycles. The van der Waals surface area contributed by atoms with Crippen LogP contribution in [0.3, 0.4) is 0 Å². The number of benzene rings is 2. The third-order valence-electron chi connectivity index (χ3n) is 7.41. The fraction of sp³-hybridized carbons (Fsp3) is 0.393. The van der Waals surface area contributed by atoms with Crippen LogP contribution in [0, 0.1) is 5.92 Å². The van der Waals surface area contributed by atoms with Gasteiger partial charge < -0.3 is 10.1 Å². The van der Waals surface area contributed by atoms with Crippen LogP contribution >= 0.6 is 27.5 Å². The maximum Gasteiger partial charge on any atom is 0.224 e. The van der Waals surface area contributed by atoms with Gasteiger partial charge in [-0.3, -0.25) is 9.69 Å². The van der Waals surface area contributed by atoms with Gasteiger partial charge in [0.2, 0.25) is 5.91 Å². The molecule has 1 aliphatic heterocycles.